The summed E-state index contributed by atoms with van der Waals surface area (Å²) in [5, 5.41) is 4.19. The highest BCUT2D eigenvalue weighted by Crippen LogP contribution is 2.28. The molecule has 0 aliphatic rings. The van der Waals surface area contributed by atoms with Gasteiger partial charge in [0.05, 0.1) is 13.7 Å². The zero-order valence-corrected chi connectivity index (χ0v) is 11.0. The molecule has 0 aliphatic heterocycles. The van der Waals surface area contributed by atoms with Crippen LogP contribution in [0.4, 0.5) is 10.1 Å². The van der Waals surface area contributed by atoms with Gasteiger partial charge in [0.25, 0.3) is 0 Å². The van der Waals surface area contributed by atoms with Crippen LogP contribution < -0.4 is 10.1 Å². The molecular formula is C16H14FNO2. The van der Waals surface area contributed by atoms with Gasteiger partial charge < -0.3 is 14.5 Å². The van der Waals surface area contributed by atoms with Gasteiger partial charge in [-0.15, -0.1) is 0 Å². The maximum Gasteiger partial charge on any atom is 0.176 e. The number of rotatable bonds is 4. The first kappa shape index (κ1) is 12.5. The smallest absolute Gasteiger partial charge is 0.176 e. The number of benzene rings is 2. The van der Waals surface area contributed by atoms with Gasteiger partial charge in [-0.2, -0.15) is 0 Å². The highest BCUT2D eigenvalue weighted by atomic mass is 19.1. The number of methoxy groups -OCH3 is 1. The van der Waals surface area contributed by atoms with Crippen molar-refractivity contribution in [3.05, 3.63) is 60.1 Å². The predicted octanol–water partition coefficient (Wildman–Crippen LogP) is 4.19. The van der Waals surface area contributed by atoms with Gasteiger partial charge in [0, 0.05) is 11.1 Å². The van der Waals surface area contributed by atoms with E-state index in [1.54, 1.807) is 19.2 Å². The number of anilines is 1. The summed E-state index contributed by atoms with van der Waals surface area (Å²) in [6, 6.07) is 14.0. The van der Waals surface area contributed by atoms with E-state index in [-0.39, 0.29) is 5.82 Å². The summed E-state index contributed by atoms with van der Waals surface area (Å²) in [5.74, 6) is 1.27. The van der Waals surface area contributed by atoms with Crippen LogP contribution in [-0.2, 0) is 6.54 Å². The number of nitrogens with one attached hydrogen (secondary N) is 1. The third-order valence-electron chi connectivity index (χ3n) is 3.09. The Labute approximate surface area is 116 Å². The van der Waals surface area contributed by atoms with Crippen molar-refractivity contribution in [3.8, 4) is 5.75 Å². The molecule has 4 heteroatoms. The van der Waals surface area contributed by atoms with Gasteiger partial charge in [-0.3, -0.25) is 0 Å². The molecule has 0 bridgehead atoms. The molecular weight excluding hydrogens is 257 g/mol. The minimum Gasteiger partial charge on any atom is -0.493 e. The number of hydrogen-bond acceptors (Lipinski definition) is 3. The molecule has 3 aromatic rings. The Morgan fingerprint density at radius 1 is 1.15 bits per heavy atom. The number of furan rings is 1. The Morgan fingerprint density at radius 3 is 2.70 bits per heavy atom. The topological polar surface area (TPSA) is 34.4 Å². The molecule has 3 rings (SSSR count). The van der Waals surface area contributed by atoms with E-state index in [2.05, 4.69) is 5.32 Å². The van der Waals surface area contributed by atoms with Gasteiger partial charge in [-0.25, -0.2) is 4.39 Å². The van der Waals surface area contributed by atoms with E-state index < -0.39 is 0 Å². The molecule has 1 aromatic heterocycles. The van der Waals surface area contributed by atoms with E-state index >= 15 is 0 Å². The number of hydrogen-bond donors (Lipinski definition) is 1. The Balaban J connectivity index is 1.79. The Morgan fingerprint density at radius 2 is 1.95 bits per heavy atom. The minimum absolute atomic E-state index is 0.246. The van der Waals surface area contributed by atoms with Crippen LogP contribution in [0.5, 0.6) is 5.75 Å². The summed E-state index contributed by atoms with van der Waals surface area (Å²) in [5.41, 5.74) is 1.59. The van der Waals surface area contributed by atoms with Gasteiger partial charge in [0.2, 0.25) is 0 Å². The van der Waals surface area contributed by atoms with Crippen LogP contribution in [-0.4, -0.2) is 7.11 Å². The van der Waals surface area contributed by atoms with E-state index in [0.717, 1.165) is 28.2 Å². The fraction of sp³-hybridized carbons (Fsp3) is 0.125. The summed E-state index contributed by atoms with van der Waals surface area (Å²) in [4.78, 5) is 0. The first-order valence-corrected chi connectivity index (χ1v) is 6.31. The Hall–Kier alpha value is -2.49. The maximum absolute atomic E-state index is 12.8. The van der Waals surface area contributed by atoms with Crippen molar-refractivity contribution in [2.24, 2.45) is 0 Å². The molecule has 1 N–H and O–H groups in total. The number of fused-ring (bicyclic) bond motifs is 1. The zero-order chi connectivity index (χ0) is 13.9. The molecule has 0 atom stereocenters. The minimum atomic E-state index is -0.246. The first-order valence-electron chi connectivity index (χ1n) is 6.31. The number of ether oxygens (including phenoxy) is 1. The fourth-order valence-electron chi connectivity index (χ4n) is 2.09. The zero-order valence-electron chi connectivity index (χ0n) is 11.0. The second-order valence-corrected chi connectivity index (χ2v) is 4.45. The van der Waals surface area contributed by atoms with Gasteiger partial charge >= 0.3 is 0 Å². The van der Waals surface area contributed by atoms with Crippen molar-refractivity contribution in [2.45, 2.75) is 6.54 Å². The summed E-state index contributed by atoms with van der Waals surface area (Å²) in [6.07, 6.45) is 0. The lowest BCUT2D eigenvalue weighted by Gasteiger charge is -2.03. The van der Waals surface area contributed by atoms with Crippen LogP contribution in [0.25, 0.3) is 11.0 Å². The third-order valence-corrected chi connectivity index (χ3v) is 3.09. The maximum atomic E-state index is 12.8. The van der Waals surface area contributed by atoms with E-state index in [9.17, 15) is 4.39 Å². The highest BCUT2D eigenvalue weighted by Gasteiger charge is 2.08. The average Bonchev–Trinajstić information content (AvgIpc) is 2.89. The highest BCUT2D eigenvalue weighted by molar-refractivity contribution is 5.83. The summed E-state index contributed by atoms with van der Waals surface area (Å²) >= 11 is 0. The lowest BCUT2D eigenvalue weighted by Crippen LogP contribution is -1.97. The Bertz CT molecular complexity index is 719. The quantitative estimate of drug-likeness (QED) is 0.772. The molecule has 0 unspecified atom stereocenters. The fourth-order valence-corrected chi connectivity index (χ4v) is 2.09. The number of para-hydroxylation sites is 1. The molecule has 0 fully saturated rings. The molecule has 0 radical (unpaired) electrons. The van der Waals surface area contributed by atoms with Crippen molar-refractivity contribution in [2.75, 3.05) is 12.4 Å². The molecule has 0 aliphatic carbocycles. The lowest BCUT2D eigenvalue weighted by molar-refractivity contribution is 0.408. The monoisotopic (exact) mass is 271 g/mol. The second-order valence-electron chi connectivity index (χ2n) is 4.45. The molecule has 102 valence electrons. The molecule has 1 heterocycles. The predicted molar refractivity (Wildman–Crippen MR) is 76.5 cm³/mol. The molecule has 0 amide bonds. The van der Waals surface area contributed by atoms with Gasteiger partial charge in [-0.05, 0) is 36.4 Å². The first-order chi connectivity index (χ1) is 9.76. The van der Waals surface area contributed by atoms with E-state index in [1.807, 2.05) is 24.3 Å². The van der Waals surface area contributed by atoms with Crippen molar-refractivity contribution in [3.63, 3.8) is 0 Å². The van der Waals surface area contributed by atoms with Crippen LogP contribution in [0, 0.1) is 5.82 Å². The van der Waals surface area contributed by atoms with Crippen LogP contribution in [0.3, 0.4) is 0 Å². The van der Waals surface area contributed by atoms with Crippen LogP contribution in [0.1, 0.15) is 5.76 Å². The van der Waals surface area contributed by atoms with Gasteiger partial charge in [0.15, 0.2) is 11.3 Å². The Kier molecular flexibility index (Phi) is 3.29. The molecule has 2 aromatic carbocycles. The van der Waals surface area contributed by atoms with Crippen LogP contribution in [0.2, 0.25) is 0 Å². The van der Waals surface area contributed by atoms with Gasteiger partial charge in [-0.1, -0.05) is 12.1 Å². The van der Waals surface area contributed by atoms with Crippen molar-refractivity contribution in [1.82, 2.24) is 0 Å². The van der Waals surface area contributed by atoms with E-state index in [0.29, 0.717) is 6.54 Å². The normalized spacial score (nSPS) is 10.7. The van der Waals surface area contributed by atoms with Crippen molar-refractivity contribution < 1.29 is 13.5 Å². The summed E-state index contributed by atoms with van der Waals surface area (Å²) < 4.78 is 23.8. The van der Waals surface area contributed by atoms with Gasteiger partial charge in [0.1, 0.15) is 11.6 Å². The molecule has 3 nitrogen and oxygen atoms in total. The number of halogens is 1. The SMILES string of the molecule is COc1cccc2cc(CNc3ccc(F)cc3)oc12. The standard InChI is InChI=1S/C16H14FNO2/c1-19-15-4-2-3-11-9-14(20-16(11)15)10-18-13-7-5-12(17)6-8-13/h2-9,18H,10H2,1H3. The molecule has 0 saturated heterocycles. The lowest BCUT2D eigenvalue weighted by atomic mass is 10.2. The molecule has 0 spiro atoms. The summed E-state index contributed by atoms with van der Waals surface area (Å²) in [6.45, 7) is 0.531. The second kappa shape index (κ2) is 5.25. The summed E-state index contributed by atoms with van der Waals surface area (Å²) in [7, 11) is 1.62. The van der Waals surface area contributed by atoms with Crippen LogP contribution in [0.15, 0.2) is 52.9 Å². The molecule has 0 saturated carbocycles. The van der Waals surface area contributed by atoms with Crippen molar-refractivity contribution in [1.29, 1.82) is 0 Å². The van der Waals surface area contributed by atoms with Crippen molar-refractivity contribution >= 4 is 16.7 Å². The van der Waals surface area contributed by atoms with E-state index in [1.165, 1.54) is 12.1 Å². The third kappa shape index (κ3) is 2.45. The molecule has 20 heavy (non-hydrogen) atoms. The average molecular weight is 271 g/mol. The largest absolute Gasteiger partial charge is 0.493 e. The van der Waals surface area contributed by atoms with Crippen LogP contribution >= 0.6 is 0 Å². The van der Waals surface area contributed by atoms with E-state index in [4.69, 9.17) is 9.15 Å².